The van der Waals surface area contributed by atoms with Crippen LogP contribution in [0.15, 0.2) is 42.5 Å². The zero-order chi connectivity index (χ0) is 18.5. The summed E-state index contributed by atoms with van der Waals surface area (Å²) in [4.78, 5) is 29.1. The third-order valence-corrected chi connectivity index (χ3v) is 5.21. The number of piperidine rings is 1. The minimum Gasteiger partial charge on any atom is -0.395 e. The number of fused-ring (bicyclic) bond motifs is 1. The highest BCUT2D eigenvalue weighted by atomic mass is 16.3. The molecule has 0 aliphatic carbocycles. The third kappa shape index (κ3) is 3.73. The lowest BCUT2D eigenvalue weighted by atomic mass is 9.94. The van der Waals surface area contributed by atoms with E-state index in [0.717, 1.165) is 16.3 Å². The van der Waals surface area contributed by atoms with Gasteiger partial charge in [0.2, 0.25) is 5.91 Å². The van der Waals surface area contributed by atoms with Crippen molar-refractivity contribution in [1.29, 1.82) is 0 Å². The Labute approximate surface area is 154 Å². The molecular weight excluding hydrogens is 328 g/mol. The van der Waals surface area contributed by atoms with E-state index in [0.29, 0.717) is 39.0 Å². The summed E-state index contributed by atoms with van der Waals surface area (Å²) in [5, 5.41) is 11.1. The van der Waals surface area contributed by atoms with Gasteiger partial charge in [-0.25, -0.2) is 0 Å². The summed E-state index contributed by atoms with van der Waals surface area (Å²) in [7, 11) is 0. The lowest BCUT2D eigenvalue weighted by Gasteiger charge is -2.34. The summed E-state index contributed by atoms with van der Waals surface area (Å²) < 4.78 is 0. The van der Waals surface area contributed by atoms with Crippen LogP contribution in [0.4, 0.5) is 0 Å². The van der Waals surface area contributed by atoms with Gasteiger partial charge in [-0.05, 0) is 36.6 Å². The number of hydrogen-bond acceptors (Lipinski definition) is 3. The van der Waals surface area contributed by atoms with Crippen LogP contribution in [0.2, 0.25) is 0 Å². The fourth-order valence-corrected chi connectivity index (χ4v) is 3.71. The number of nitrogens with zero attached hydrogens (tertiary/aromatic N) is 2. The van der Waals surface area contributed by atoms with Crippen molar-refractivity contribution >= 4 is 22.6 Å². The number of carbonyl (C=O) groups is 2. The highest BCUT2D eigenvalue weighted by Crippen LogP contribution is 2.24. The molecule has 1 N–H and O–H groups in total. The summed E-state index contributed by atoms with van der Waals surface area (Å²) >= 11 is 0. The first-order valence-corrected chi connectivity index (χ1v) is 9.32. The average Bonchev–Trinajstić information content (AvgIpc) is 2.70. The van der Waals surface area contributed by atoms with Crippen LogP contribution in [0.1, 0.15) is 30.1 Å². The van der Waals surface area contributed by atoms with E-state index >= 15 is 0 Å². The summed E-state index contributed by atoms with van der Waals surface area (Å²) in [6.45, 7) is 4.08. The van der Waals surface area contributed by atoms with E-state index in [4.69, 9.17) is 5.11 Å². The lowest BCUT2D eigenvalue weighted by Crippen LogP contribution is -2.45. The van der Waals surface area contributed by atoms with E-state index in [1.165, 1.54) is 0 Å². The largest absolute Gasteiger partial charge is 0.395 e. The average molecular weight is 354 g/mol. The third-order valence-electron chi connectivity index (χ3n) is 5.21. The van der Waals surface area contributed by atoms with Gasteiger partial charge in [-0.3, -0.25) is 9.59 Å². The number of rotatable bonds is 5. The number of likely N-dealkylation sites (N-methyl/N-ethyl adjacent to an activating group) is 1. The molecule has 1 heterocycles. The molecule has 0 aromatic heterocycles. The van der Waals surface area contributed by atoms with Crippen LogP contribution in [0.5, 0.6) is 0 Å². The molecule has 0 unspecified atom stereocenters. The second kappa shape index (κ2) is 8.32. The predicted octanol–water partition coefficient (Wildman–Crippen LogP) is 2.53. The Hall–Kier alpha value is -2.40. The van der Waals surface area contributed by atoms with Crippen LogP contribution >= 0.6 is 0 Å². The van der Waals surface area contributed by atoms with Crippen LogP contribution in [-0.4, -0.2) is 59.5 Å². The van der Waals surface area contributed by atoms with E-state index < -0.39 is 0 Å². The van der Waals surface area contributed by atoms with Gasteiger partial charge in [-0.15, -0.1) is 0 Å². The molecule has 1 aliphatic rings. The Morgan fingerprint density at radius 2 is 1.81 bits per heavy atom. The number of benzene rings is 2. The van der Waals surface area contributed by atoms with E-state index in [-0.39, 0.29) is 24.3 Å². The first kappa shape index (κ1) is 18.4. The van der Waals surface area contributed by atoms with Gasteiger partial charge in [0.05, 0.1) is 6.61 Å². The van der Waals surface area contributed by atoms with Crippen molar-refractivity contribution in [3.8, 4) is 0 Å². The SMILES string of the molecule is CCN(CCO)C(=O)C1CCN(C(=O)c2cccc3ccccc23)CC1. The Bertz CT molecular complexity index is 776. The molecule has 1 aliphatic heterocycles. The van der Waals surface area contributed by atoms with Crippen LogP contribution in [0.25, 0.3) is 10.8 Å². The minimum atomic E-state index is -0.0573. The highest BCUT2D eigenvalue weighted by Gasteiger charge is 2.30. The molecule has 26 heavy (non-hydrogen) atoms. The van der Waals surface area contributed by atoms with Crippen LogP contribution in [0.3, 0.4) is 0 Å². The van der Waals surface area contributed by atoms with E-state index in [1.54, 1.807) is 4.90 Å². The fourth-order valence-electron chi connectivity index (χ4n) is 3.71. The summed E-state index contributed by atoms with van der Waals surface area (Å²) in [6, 6.07) is 13.7. The van der Waals surface area contributed by atoms with Crippen molar-refractivity contribution in [3.05, 3.63) is 48.0 Å². The Morgan fingerprint density at radius 3 is 2.50 bits per heavy atom. The topological polar surface area (TPSA) is 60.9 Å². The second-order valence-corrected chi connectivity index (χ2v) is 6.73. The fraction of sp³-hybridized carbons (Fsp3) is 0.429. The maximum atomic E-state index is 13.0. The van der Waals surface area contributed by atoms with Gasteiger partial charge < -0.3 is 14.9 Å². The summed E-state index contributed by atoms with van der Waals surface area (Å²) in [6.07, 6.45) is 1.36. The lowest BCUT2D eigenvalue weighted by molar-refractivity contribution is -0.137. The predicted molar refractivity (Wildman–Crippen MR) is 102 cm³/mol. The van der Waals surface area contributed by atoms with Crippen molar-refractivity contribution < 1.29 is 14.7 Å². The standard InChI is InChI=1S/C21H26N2O3/c1-2-22(14-15-24)20(25)17-10-12-23(13-11-17)21(26)19-9-5-7-16-6-3-4-8-18(16)19/h3-9,17,24H,2,10-15H2,1H3. The van der Waals surface area contributed by atoms with Crippen molar-refractivity contribution in [1.82, 2.24) is 9.80 Å². The van der Waals surface area contributed by atoms with E-state index in [2.05, 4.69) is 0 Å². The molecule has 3 rings (SSSR count). The minimum absolute atomic E-state index is 0.0159. The first-order chi connectivity index (χ1) is 12.7. The molecule has 0 saturated carbocycles. The Kier molecular flexibility index (Phi) is 5.89. The Morgan fingerprint density at radius 1 is 1.12 bits per heavy atom. The number of hydrogen-bond donors (Lipinski definition) is 1. The smallest absolute Gasteiger partial charge is 0.254 e. The zero-order valence-electron chi connectivity index (χ0n) is 15.2. The number of amides is 2. The van der Waals surface area contributed by atoms with Crippen molar-refractivity contribution in [2.45, 2.75) is 19.8 Å². The van der Waals surface area contributed by atoms with E-state index in [1.807, 2.05) is 54.3 Å². The van der Waals surface area contributed by atoms with Gasteiger partial charge in [0.25, 0.3) is 5.91 Å². The first-order valence-electron chi connectivity index (χ1n) is 9.32. The zero-order valence-corrected chi connectivity index (χ0v) is 15.2. The molecule has 0 bridgehead atoms. The highest BCUT2D eigenvalue weighted by molar-refractivity contribution is 6.07. The maximum Gasteiger partial charge on any atom is 0.254 e. The van der Waals surface area contributed by atoms with Gasteiger partial charge in [0.1, 0.15) is 0 Å². The summed E-state index contributed by atoms with van der Waals surface area (Å²) in [5.74, 6) is 0.0762. The second-order valence-electron chi connectivity index (χ2n) is 6.73. The van der Waals surface area contributed by atoms with Gasteiger partial charge in [0, 0.05) is 37.7 Å². The molecule has 0 atom stereocenters. The molecular formula is C21H26N2O3. The molecule has 0 spiro atoms. The van der Waals surface area contributed by atoms with Gasteiger partial charge >= 0.3 is 0 Å². The summed E-state index contributed by atoms with van der Waals surface area (Å²) in [5.41, 5.74) is 0.725. The van der Waals surface area contributed by atoms with Crippen molar-refractivity contribution in [2.24, 2.45) is 5.92 Å². The molecule has 2 amide bonds. The molecule has 0 radical (unpaired) electrons. The van der Waals surface area contributed by atoms with Crippen LogP contribution < -0.4 is 0 Å². The normalized spacial score (nSPS) is 15.2. The number of carbonyl (C=O) groups excluding carboxylic acids is 2. The van der Waals surface area contributed by atoms with E-state index in [9.17, 15) is 9.59 Å². The quantitative estimate of drug-likeness (QED) is 0.898. The number of aliphatic hydroxyl groups is 1. The maximum absolute atomic E-state index is 13.0. The number of aliphatic hydroxyl groups excluding tert-OH is 1. The van der Waals surface area contributed by atoms with Gasteiger partial charge in [-0.1, -0.05) is 36.4 Å². The van der Waals surface area contributed by atoms with Crippen molar-refractivity contribution in [3.63, 3.8) is 0 Å². The molecule has 1 fully saturated rings. The molecule has 1 saturated heterocycles. The van der Waals surface area contributed by atoms with Gasteiger partial charge in [-0.2, -0.15) is 0 Å². The van der Waals surface area contributed by atoms with Crippen LogP contribution in [0, 0.1) is 5.92 Å². The van der Waals surface area contributed by atoms with Gasteiger partial charge in [0.15, 0.2) is 0 Å². The van der Waals surface area contributed by atoms with Crippen molar-refractivity contribution in [2.75, 3.05) is 32.8 Å². The van der Waals surface area contributed by atoms with Crippen LogP contribution in [-0.2, 0) is 4.79 Å². The Balaban J connectivity index is 1.68. The monoisotopic (exact) mass is 354 g/mol. The molecule has 5 heteroatoms. The molecule has 2 aromatic rings. The molecule has 138 valence electrons. The molecule has 5 nitrogen and oxygen atoms in total. The number of likely N-dealkylation sites (tertiary alicyclic amines) is 1. The molecule has 2 aromatic carbocycles.